The summed E-state index contributed by atoms with van der Waals surface area (Å²) in [4.78, 5) is 27.4. The van der Waals surface area contributed by atoms with Crippen molar-refractivity contribution < 1.29 is 4.42 Å². The van der Waals surface area contributed by atoms with Gasteiger partial charge in [0.15, 0.2) is 0 Å². The van der Waals surface area contributed by atoms with E-state index in [9.17, 15) is 9.59 Å². The van der Waals surface area contributed by atoms with Gasteiger partial charge in [0.25, 0.3) is 0 Å². The smallest absolute Gasteiger partial charge is 0.375 e. The molecular formula is C10H17N3O3. The van der Waals surface area contributed by atoms with Crippen LogP contribution in [0.5, 0.6) is 0 Å². The Hall–Kier alpha value is -1.59. The molecule has 0 aliphatic heterocycles. The third kappa shape index (κ3) is 2.00. The lowest BCUT2D eigenvalue weighted by atomic mass is 10.4. The molecule has 0 aliphatic carbocycles. The molecule has 0 saturated carbocycles. The van der Waals surface area contributed by atoms with Gasteiger partial charge in [-0.1, -0.05) is 0 Å². The van der Waals surface area contributed by atoms with E-state index in [-0.39, 0.29) is 23.5 Å². The number of nitrogens with zero attached hydrogens (tertiary/aromatic N) is 3. The maximum atomic E-state index is 12.1. The molecule has 6 nitrogen and oxygen atoms in total. The zero-order valence-electron chi connectivity index (χ0n) is 10.2. The maximum Gasteiger partial charge on any atom is 0.426 e. The third-order valence-electron chi connectivity index (χ3n) is 2.22. The first-order chi connectivity index (χ1) is 7.40. The Balaban J connectivity index is 3.81. The van der Waals surface area contributed by atoms with Gasteiger partial charge < -0.3 is 4.42 Å². The van der Waals surface area contributed by atoms with Gasteiger partial charge in [-0.3, -0.25) is 0 Å². The summed E-state index contributed by atoms with van der Waals surface area (Å²) < 4.78 is 7.44. The summed E-state index contributed by atoms with van der Waals surface area (Å²) in [5, 5.41) is 0. The molecule has 0 bridgehead atoms. The molecule has 1 aromatic heterocycles. The Morgan fingerprint density at radius 1 is 1.06 bits per heavy atom. The van der Waals surface area contributed by atoms with E-state index in [2.05, 4.69) is 4.99 Å². The Morgan fingerprint density at radius 2 is 1.56 bits per heavy atom. The van der Waals surface area contributed by atoms with Gasteiger partial charge in [-0.05, 0) is 27.7 Å². The lowest BCUT2D eigenvalue weighted by Gasteiger charge is -2.13. The van der Waals surface area contributed by atoms with Crippen molar-refractivity contribution in [1.82, 2.24) is 9.13 Å². The molecule has 0 aromatic carbocycles. The molecule has 90 valence electrons. The van der Waals surface area contributed by atoms with Gasteiger partial charge in [0.1, 0.15) is 0 Å². The van der Waals surface area contributed by atoms with Gasteiger partial charge in [0.2, 0.25) is 0 Å². The molecule has 0 amide bonds. The summed E-state index contributed by atoms with van der Waals surface area (Å²) >= 11 is 0. The minimum Gasteiger partial charge on any atom is -0.375 e. The molecule has 16 heavy (non-hydrogen) atoms. The van der Waals surface area contributed by atoms with Crippen LogP contribution >= 0.6 is 0 Å². The zero-order chi connectivity index (χ0) is 12.5. The first kappa shape index (κ1) is 12.5. The highest BCUT2D eigenvalue weighted by atomic mass is 16.4. The average Bonchev–Trinajstić information content (AvgIpc) is 2.14. The Kier molecular flexibility index (Phi) is 3.51. The molecule has 0 saturated heterocycles. The van der Waals surface area contributed by atoms with E-state index in [0.29, 0.717) is 0 Å². The van der Waals surface area contributed by atoms with E-state index < -0.39 is 5.76 Å². The second kappa shape index (κ2) is 4.51. The van der Waals surface area contributed by atoms with Crippen molar-refractivity contribution in [2.24, 2.45) is 4.99 Å². The van der Waals surface area contributed by atoms with E-state index in [4.69, 9.17) is 4.42 Å². The fourth-order valence-electron chi connectivity index (χ4n) is 1.48. The highest BCUT2D eigenvalue weighted by Crippen LogP contribution is 1.97. The lowest BCUT2D eigenvalue weighted by molar-refractivity contribution is 0.285. The van der Waals surface area contributed by atoms with E-state index in [1.165, 1.54) is 11.6 Å². The van der Waals surface area contributed by atoms with E-state index in [1.54, 1.807) is 13.8 Å². The van der Waals surface area contributed by atoms with Crippen molar-refractivity contribution in [2.45, 2.75) is 39.8 Å². The second-order valence-corrected chi connectivity index (χ2v) is 4.08. The summed E-state index contributed by atoms with van der Waals surface area (Å²) in [5.74, 6) is -0.669. The molecule has 0 radical (unpaired) electrons. The van der Waals surface area contributed by atoms with Crippen molar-refractivity contribution in [2.75, 3.05) is 7.05 Å². The predicted molar refractivity (Wildman–Crippen MR) is 59.5 cm³/mol. The molecule has 6 heteroatoms. The van der Waals surface area contributed by atoms with Gasteiger partial charge in [0.05, 0.1) is 0 Å². The predicted octanol–water partition coefficient (Wildman–Crippen LogP) is 0.295. The summed E-state index contributed by atoms with van der Waals surface area (Å²) in [6, 6.07) is -0.347. The highest BCUT2D eigenvalue weighted by Gasteiger charge is 2.14. The number of aromatic nitrogens is 2. The first-order valence-electron chi connectivity index (χ1n) is 5.21. The molecule has 1 rings (SSSR count). The SMILES string of the molecule is C/N=c1/oc(=O)n(C(C)C)c(=O)n1C(C)C. The largest absolute Gasteiger partial charge is 0.426 e. The average molecular weight is 227 g/mol. The van der Waals surface area contributed by atoms with Gasteiger partial charge in [0, 0.05) is 19.1 Å². The molecule has 0 aliphatic rings. The second-order valence-electron chi connectivity index (χ2n) is 4.08. The molecule has 0 atom stereocenters. The molecule has 0 fully saturated rings. The van der Waals surface area contributed by atoms with Gasteiger partial charge >= 0.3 is 17.1 Å². The molecule has 0 N–H and O–H groups in total. The maximum absolute atomic E-state index is 12.1. The van der Waals surface area contributed by atoms with Crippen LogP contribution in [0, 0.1) is 0 Å². The van der Waals surface area contributed by atoms with Crippen LogP contribution in [0.4, 0.5) is 0 Å². The quantitative estimate of drug-likeness (QED) is 0.729. The highest BCUT2D eigenvalue weighted by molar-refractivity contribution is 4.75. The topological polar surface area (TPSA) is 69.5 Å². The van der Waals surface area contributed by atoms with Crippen molar-refractivity contribution in [3.8, 4) is 0 Å². The van der Waals surface area contributed by atoms with Crippen molar-refractivity contribution in [3.63, 3.8) is 0 Å². The van der Waals surface area contributed by atoms with Crippen molar-refractivity contribution in [1.29, 1.82) is 0 Å². The molecule has 1 heterocycles. The third-order valence-corrected chi connectivity index (χ3v) is 2.22. The number of hydrogen-bond donors (Lipinski definition) is 0. The Labute approximate surface area is 92.9 Å². The van der Waals surface area contributed by atoms with Crippen LogP contribution in [0.2, 0.25) is 0 Å². The van der Waals surface area contributed by atoms with E-state index in [0.717, 1.165) is 4.57 Å². The number of hydrogen-bond acceptors (Lipinski definition) is 4. The van der Waals surface area contributed by atoms with E-state index in [1.807, 2.05) is 13.8 Å². The Morgan fingerprint density at radius 3 is 1.94 bits per heavy atom. The van der Waals surface area contributed by atoms with Crippen LogP contribution in [0.25, 0.3) is 0 Å². The molecular weight excluding hydrogens is 210 g/mol. The first-order valence-corrected chi connectivity index (χ1v) is 5.21. The zero-order valence-corrected chi connectivity index (χ0v) is 10.2. The lowest BCUT2D eigenvalue weighted by Crippen LogP contribution is -2.48. The molecule has 0 spiro atoms. The fourth-order valence-corrected chi connectivity index (χ4v) is 1.48. The van der Waals surface area contributed by atoms with E-state index >= 15 is 0 Å². The van der Waals surface area contributed by atoms with Crippen LogP contribution in [0.3, 0.4) is 0 Å². The van der Waals surface area contributed by atoms with Crippen LogP contribution in [0.15, 0.2) is 19.0 Å². The summed E-state index contributed by atoms with van der Waals surface area (Å²) in [6.07, 6.45) is 0. The van der Waals surface area contributed by atoms with Crippen LogP contribution in [-0.2, 0) is 0 Å². The molecule has 1 aromatic rings. The summed E-state index contributed by atoms with van der Waals surface area (Å²) in [5.41, 5.74) is -0.330. The normalized spacial score (nSPS) is 12.8. The minimum atomic E-state index is -0.669. The van der Waals surface area contributed by atoms with Crippen molar-refractivity contribution in [3.05, 3.63) is 26.7 Å². The van der Waals surface area contributed by atoms with Crippen LogP contribution < -0.4 is 17.1 Å². The van der Waals surface area contributed by atoms with Gasteiger partial charge in [-0.15, -0.1) is 0 Å². The van der Waals surface area contributed by atoms with Crippen molar-refractivity contribution >= 4 is 0 Å². The minimum absolute atomic E-state index is 0.0573. The Bertz CT molecular complexity index is 546. The summed E-state index contributed by atoms with van der Waals surface area (Å²) in [6.45, 7) is 7.18. The molecule has 0 unspecified atom stereocenters. The summed E-state index contributed by atoms with van der Waals surface area (Å²) in [7, 11) is 1.48. The van der Waals surface area contributed by atoms with Gasteiger partial charge in [-0.2, -0.15) is 0 Å². The van der Waals surface area contributed by atoms with Crippen LogP contribution in [-0.4, -0.2) is 16.2 Å². The van der Waals surface area contributed by atoms with Crippen LogP contribution in [0.1, 0.15) is 39.8 Å². The fraction of sp³-hybridized carbons (Fsp3) is 0.700. The number of rotatable bonds is 2. The monoisotopic (exact) mass is 227 g/mol. The standard InChI is InChI=1S/C10H17N3O3/c1-6(2)12-8(11-5)16-10(15)13(7(3)4)9(12)14/h6-7H,1-5H3/b11-8+. The van der Waals surface area contributed by atoms with Gasteiger partial charge in [-0.25, -0.2) is 23.7 Å².